The first-order chi connectivity index (χ1) is 15.1. The Labute approximate surface area is 190 Å². The molecule has 0 radical (unpaired) electrons. The van der Waals surface area contributed by atoms with Gasteiger partial charge in [0.05, 0.1) is 12.0 Å². The lowest BCUT2D eigenvalue weighted by Gasteiger charge is -2.58. The maximum atomic E-state index is 14.0. The Hall–Kier alpha value is -2.20. The van der Waals surface area contributed by atoms with Gasteiger partial charge in [0.1, 0.15) is 11.7 Å². The van der Waals surface area contributed by atoms with E-state index in [0.717, 1.165) is 24.2 Å². The number of halogens is 3. The number of rotatable bonds is 3. The second-order valence-electron chi connectivity index (χ2n) is 11.3. The monoisotopic (exact) mass is 475 g/mol. The molecule has 4 aliphatic carbocycles. The molecule has 33 heavy (non-hydrogen) atoms. The van der Waals surface area contributed by atoms with Gasteiger partial charge in [-0.25, -0.2) is 9.59 Å². The Bertz CT molecular complexity index is 826. The van der Waals surface area contributed by atoms with Gasteiger partial charge in [0.15, 0.2) is 5.54 Å². The van der Waals surface area contributed by atoms with Crippen LogP contribution in [0.5, 0.6) is 0 Å². The Balaban J connectivity index is 1.43. The fraction of sp³-hybridized carbons (Fsp3) is 0.864. The van der Waals surface area contributed by atoms with E-state index in [2.05, 4.69) is 0 Å². The van der Waals surface area contributed by atoms with Crippen LogP contribution in [0.25, 0.3) is 0 Å². The predicted molar refractivity (Wildman–Crippen MR) is 110 cm³/mol. The first kappa shape index (κ1) is 23.9. The van der Waals surface area contributed by atoms with Crippen molar-refractivity contribution in [3.63, 3.8) is 0 Å². The summed E-state index contributed by atoms with van der Waals surface area (Å²) in [4.78, 5) is 38.1. The molecule has 5 aliphatic rings. The van der Waals surface area contributed by atoms with E-state index in [1.807, 2.05) is 5.32 Å². The number of amides is 3. The average Bonchev–Trinajstić information content (AvgIpc) is 3.07. The van der Waals surface area contributed by atoms with Crippen molar-refractivity contribution in [1.82, 2.24) is 10.2 Å². The van der Waals surface area contributed by atoms with Crippen LogP contribution < -0.4 is 11.1 Å². The molecule has 4 saturated carbocycles. The minimum atomic E-state index is -4.78. The molecule has 4 bridgehead atoms. The van der Waals surface area contributed by atoms with Crippen molar-refractivity contribution in [3.05, 3.63) is 0 Å². The molecule has 1 heterocycles. The number of primary amides is 1. The number of carbonyl (C=O) groups is 3. The molecule has 5 rings (SSSR count). The first-order valence-electron chi connectivity index (χ1n) is 11.5. The van der Waals surface area contributed by atoms with Crippen LogP contribution in [0.4, 0.5) is 22.8 Å². The topological polar surface area (TPSA) is 111 Å². The summed E-state index contributed by atoms with van der Waals surface area (Å²) in [6.07, 6.45) is -4.17. The van der Waals surface area contributed by atoms with E-state index in [1.54, 1.807) is 20.8 Å². The van der Waals surface area contributed by atoms with Crippen LogP contribution in [0.15, 0.2) is 0 Å². The van der Waals surface area contributed by atoms with Gasteiger partial charge in [-0.2, -0.15) is 13.2 Å². The van der Waals surface area contributed by atoms with E-state index in [9.17, 15) is 27.6 Å². The van der Waals surface area contributed by atoms with E-state index >= 15 is 0 Å². The van der Waals surface area contributed by atoms with E-state index < -0.39 is 54.0 Å². The third-order valence-electron chi connectivity index (χ3n) is 7.76. The molecule has 11 heteroatoms. The summed E-state index contributed by atoms with van der Waals surface area (Å²) in [7, 11) is 0. The number of likely N-dealkylation sites (tertiary alicyclic amines) is 1. The van der Waals surface area contributed by atoms with Gasteiger partial charge in [0.2, 0.25) is 5.91 Å². The largest absolute Gasteiger partial charge is 0.446 e. The summed E-state index contributed by atoms with van der Waals surface area (Å²) in [6, 6.07) is 0. The van der Waals surface area contributed by atoms with Crippen molar-refractivity contribution in [2.45, 2.75) is 82.7 Å². The highest BCUT2D eigenvalue weighted by Crippen LogP contribution is 2.60. The second-order valence-corrected chi connectivity index (χ2v) is 11.3. The molecule has 0 aromatic carbocycles. The van der Waals surface area contributed by atoms with E-state index in [4.69, 9.17) is 15.2 Å². The molecule has 8 nitrogen and oxygen atoms in total. The molecule has 0 aromatic rings. The van der Waals surface area contributed by atoms with E-state index in [-0.39, 0.29) is 24.3 Å². The number of carbonyl (C=O) groups excluding carboxylic acids is 3. The van der Waals surface area contributed by atoms with Crippen LogP contribution in [0.1, 0.15) is 59.3 Å². The van der Waals surface area contributed by atoms with E-state index in [1.165, 1.54) is 0 Å². The van der Waals surface area contributed by atoms with Gasteiger partial charge >= 0.3 is 18.4 Å². The number of hydrogen-bond acceptors (Lipinski definition) is 5. The van der Waals surface area contributed by atoms with Crippen molar-refractivity contribution in [3.8, 4) is 0 Å². The van der Waals surface area contributed by atoms with Gasteiger partial charge in [-0.05, 0) is 77.0 Å². The summed E-state index contributed by atoms with van der Waals surface area (Å²) in [6.45, 7) is 3.71. The minimum Gasteiger partial charge on any atom is -0.446 e. The Morgan fingerprint density at radius 3 is 2.18 bits per heavy atom. The lowest BCUT2D eigenvalue weighted by molar-refractivity contribution is -0.191. The average molecular weight is 476 g/mol. The summed E-state index contributed by atoms with van der Waals surface area (Å²) < 4.78 is 52.7. The lowest BCUT2D eigenvalue weighted by atomic mass is 9.48. The number of ether oxygens (including phenoxy) is 2. The standard InChI is InChI=1S/C22H32F3N3O5/c1-19(2,3)33-17(30)27-21(22(23,24)25)4-5-28(11-21)18(31)32-15-13-6-12-7-14(15)10-20(8-12,9-13)16(26)29/h12-15H,4-11H2,1-3H3,(H2,26,29)(H,27,30)/t12?,13-,14?,15?,20?,21?/m0/s1. The fourth-order valence-corrected chi connectivity index (χ4v) is 6.53. The first-order valence-corrected chi connectivity index (χ1v) is 11.5. The quantitative estimate of drug-likeness (QED) is 0.651. The highest BCUT2D eigenvalue weighted by Gasteiger charge is 2.62. The van der Waals surface area contributed by atoms with Gasteiger partial charge in [-0.3, -0.25) is 4.79 Å². The minimum absolute atomic E-state index is 0.0115. The smallest absolute Gasteiger partial charge is 0.413 e. The highest BCUT2D eigenvalue weighted by molar-refractivity contribution is 5.81. The summed E-state index contributed by atoms with van der Waals surface area (Å²) in [5.74, 6) is 0.0344. The molecule has 0 aromatic heterocycles. The van der Waals surface area contributed by atoms with Gasteiger partial charge < -0.3 is 25.4 Å². The molecule has 3 amide bonds. The molecular formula is C22H32F3N3O5. The molecule has 1 aliphatic heterocycles. The zero-order valence-electron chi connectivity index (χ0n) is 19.2. The molecule has 5 fully saturated rings. The van der Waals surface area contributed by atoms with Crippen LogP contribution in [0.2, 0.25) is 0 Å². The van der Waals surface area contributed by atoms with Gasteiger partial charge in [0.25, 0.3) is 0 Å². The van der Waals surface area contributed by atoms with Crippen LogP contribution in [0.3, 0.4) is 0 Å². The zero-order chi connectivity index (χ0) is 24.4. The Morgan fingerprint density at radius 2 is 1.67 bits per heavy atom. The molecule has 186 valence electrons. The molecule has 3 N–H and O–H groups in total. The second kappa shape index (κ2) is 7.66. The number of hydrogen-bond donors (Lipinski definition) is 2. The zero-order valence-corrected chi connectivity index (χ0v) is 19.2. The van der Waals surface area contributed by atoms with Crippen molar-refractivity contribution >= 4 is 18.1 Å². The van der Waals surface area contributed by atoms with Crippen molar-refractivity contribution in [2.24, 2.45) is 28.9 Å². The van der Waals surface area contributed by atoms with Gasteiger partial charge in [0, 0.05) is 6.54 Å². The Morgan fingerprint density at radius 1 is 1.06 bits per heavy atom. The summed E-state index contributed by atoms with van der Waals surface area (Å²) in [5, 5.41) is 1.96. The number of alkyl halides is 3. The van der Waals surface area contributed by atoms with Crippen LogP contribution in [-0.4, -0.2) is 59.5 Å². The van der Waals surface area contributed by atoms with Crippen molar-refractivity contribution < 1.29 is 37.0 Å². The van der Waals surface area contributed by atoms with Crippen molar-refractivity contribution in [1.29, 1.82) is 0 Å². The SMILES string of the molecule is CC(C)(C)OC(=O)NC1(C(F)(F)F)CCN(C(=O)OC2C3CC4C[C@H]2CC(C(N)=O)(C4)C3)C1. The number of nitrogens with one attached hydrogen (secondary N) is 1. The highest BCUT2D eigenvalue weighted by atomic mass is 19.4. The molecular weight excluding hydrogens is 443 g/mol. The maximum Gasteiger partial charge on any atom is 0.413 e. The van der Waals surface area contributed by atoms with Gasteiger partial charge in [-0.15, -0.1) is 0 Å². The number of nitrogens with zero attached hydrogens (tertiary/aromatic N) is 1. The molecule has 5 unspecified atom stereocenters. The van der Waals surface area contributed by atoms with Crippen LogP contribution in [-0.2, 0) is 14.3 Å². The maximum absolute atomic E-state index is 14.0. The van der Waals surface area contributed by atoms with Crippen molar-refractivity contribution in [2.75, 3.05) is 13.1 Å². The number of alkyl carbamates (subject to hydrolysis) is 1. The fourth-order valence-electron chi connectivity index (χ4n) is 6.53. The van der Waals surface area contributed by atoms with Crippen LogP contribution in [0, 0.1) is 23.2 Å². The van der Waals surface area contributed by atoms with Gasteiger partial charge in [-0.1, -0.05) is 0 Å². The third kappa shape index (κ3) is 4.35. The lowest BCUT2D eigenvalue weighted by Crippen LogP contribution is -2.61. The molecule has 6 atom stereocenters. The molecule has 1 saturated heterocycles. The normalized spacial score (nSPS) is 37.7. The Kier molecular flexibility index (Phi) is 5.56. The summed E-state index contributed by atoms with van der Waals surface area (Å²) in [5.41, 5.74) is 1.57. The van der Waals surface area contributed by atoms with E-state index in [0.29, 0.717) is 18.8 Å². The van der Waals surface area contributed by atoms with Crippen LogP contribution >= 0.6 is 0 Å². The predicted octanol–water partition coefficient (Wildman–Crippen LogP) is 3.33. The summed E-state index contributed by atoms with van der Waals surface area (Å²) >= 11 is 0. The molecule has 0 spiro atoms. The number of nitrogens with two attached hydrogens (primary N) is 1. The third-order valence-corrected chi connectivity index (χ3v) is 7.76.